The van der Waals surface area contributed by atoms with Gasteiger partial charge in [-0.05, 0) is 17.7 Å². The lowest BCUT2D eigenvalue weighted by molar-refractivity contribution is 0.628. The van der Waals surface area contributed by atoms with Gasteiger partial charge in [-0.1, -0.05) is 6.07 Å². The number of fused-ring (bicyclic) bond motifs is 1. The van der Waals surface area contributed by atoms with Crippen LogP contribution in [0.15, 0.2) is 30.6 Å². The third-order valence-electron chi connectivity index (χ3n) is 3.01. The fraction of sp³-hybridized carbons (Fsp3) is 0.154. The molecule has 6 heteroatoms. The predicted octanol–water partition coefficient (Wildman–Crippen LogP) is 1.92. The maximum Gasteiger partial charge on any atom is 0.153 e. The molecule has 0 radical (unpaired) electrons. The van der Waals surface area contributed by atoms with Crippen molar-refractivity contribution >= 4 is 16.7 Å². The van der Waals surface area contributed by atoms with Gasteiger partial charge in [0.05, 0.1) is 30.7 Å². The van der Waals surface area contributed by atoms with E-state index in [0.717, 1.165) is 22.0 Å². The van der Waals surface area contributed by atoms with Gasteiger partial charge in [0.25, 0.3) is 0 Å². The summed E-state index contributed by atoms with van der Waals surface area (Å²) in [6, 6.07) is 8.03. The van der Waals surface area contributed by atoms with E-state index in [1.54, 1.807) is 10.9 Å². The van der Waals surface area contributed by atoms with Gasteiger partial charge in [0.2, 0.25) is 0 Å². The Balaban J connectivity index is 1.97. The van der Waals surface area contributed by atoms with Crippen LogP contribution in [0.1, 0.15) is 6.42 Å². The van der Waals surface area contributed by atoms with Crippen molar-refractivity contribution in [1.29, 1.82) is 5.26 Å². The van der Waals surface area contributed by atoms with Crippen LogP contribution in [0.2, 0.25) is 0 Å². The quantitative estimate of drug-likeness (QED) is 0.744. The van der Waals surface area contributed by atoms with E-state index in [-0.39, 0.29) is 0 Å². The Kier molecular flexibility index (Phi) is 2.65. The highest BCUT2D eigenvalue weighted by molar-refractivity contribution is 5.92. The highest BCUT2D eigenvalue weighted by Crippen LogP contribution is 2.25. The molecule has 0 amide bonds. The average Bonchev–Trinajstić information content (AvgIpc) is 3.04. The summed E-state index contributed by atoms with van der Waals surface area (Å²) < 4.78 is 1.77. The number of nitrogens with one attached hydrogen (secondary N) is 1. The summed E-state index contributed by atoms with van der Waals surface area (Å²) in [6.45, 7) is 0.604. The number of aryl methyl sites for hydroxylation is 1. The molecule has 1 aromatic carbocycles. The lowest BCUT2D eigenvalue weighted by Gasteiger charge is -1.98. The number of hydrogen-bond donors (Lipinski definition) is 2. The van der Waals surface area contributed by atoms with Crippen molar-refractivity contribution in [1.82, 2.24) is 20.0 Å². The standard InChI is InChI=1S/C13H12N6/c14-4-1-5-19-8-10(7-16-19)9-2-3-12-11(6-9)13(15)18-17-12/h2-3,6-8H,1,5H2,(H3,15,17,18). The zero-order valence-corrected chi connectivity index (χ0v) is 10.2. The van der Waals surface area contributed by atoms with Crippen LogP contribution in [-0.4, -0.2) is 20.0 Å². The van der Waals surface area contributed by atoms with Gasteiger partial charge >= 0.3 is 0 Å². The number of anilines is 1. The number of nitriles is 1. The molecule has 0 aliphatic carbocycles. The van der Waals surface area contributed by atoms with E-state index in [9.17, 15) is 0 Å². The van der Waals surface area contributed by atoms with Gasteiger partial charge in [-0.3, -0.25) is 9.78 Å². The van der Waals surface area contributed by atoms with Gasteiger partial charge in [-0.15, -0.1) is 0 Å². The Hall–Kier alpha value is -2.81. The van der Waals surface area contributed by atoms with Crippen LogP contribution < -0.4 is 5.73 Å². The van der Waals surface area contributed by atoms with Gasteiger partial charge in [0, 0.05) is 17.1 Å². The molecule has 0 aliphatic rings. The second-order valence-electron chi connectivity index (χ2n) is 4.27. The Bertz CT molecular complexity index is 761. The van der Waals surface area contributed by atoms with E-state index >= 15 is 0 Å². The van der Waals surface area contributed by atoms with Crippen LogP contribution in [0.3, 0.4) is 0 Å². The molecule has 3 rings (SSSR count). The summed E-state index contributed by atoms with van der Waals surface area (Å²) in [5.74, 6) is 0.494. The van der Waals surface area contributed by atoms with E-state index in [1.807, 2.05) is 24.4 Å². The summed E-state index contributed by atoms with van der Waals surface area (Å²) in [5, 5.41) is 20.5. The molecule has 0 bridgehead atoms. The first kappa shape index (κ1) is 11.3. The first-order valence-electron chi connectivity index (χ1n) is 5.91. The molecule has 2 heterocycles. The van der Waals surface area contributed by atoms with Crippen molar-refractivity contribution in [2.24, 2.45) is 0 Å². The number of nitrogens with zero attached hydrogens (tertiary/aromatic N) is 4. The largest absolute Gasteiger partial charge is 0.382 e. The monoisotopic (exact) mass is 252 g/mol. The lowest BCUT2D eigenvalue weighted by Crippen LogP contribution is -1.96. The van der Waals surface area contributed by atoms with Gasteiger partial charge < -0.3 is 5.73 Å². The molecule has 0 saturated heterocycles. The van der Waals surface area contributed by atoms with E-state index in [0.29, 0.717) is 18.8 Å². The Morgan fingerprint density at radius 2 is 2.26 bits per heavy atom. The van der Waals surface area contributed by atoms with Crippen molar-refractivity contribution < 1.29 is 0 Å². The second kappa shape index (κ2) is 4.46. The number of hydrogen-bond acceptors (Lipinski definition) is 4. The molecule has 19 heavy (non-hydrogen) atoms. The summed E-state index contributed by atoms with van der Waals surface area (Å²) in [6.07, 6.45) is 4.17. The van der Waals surface area contributed by atoms with Crippen LogP contribution in [0.25, 0.3) is 22.0 Å². The topological polar surface area (TPSA) is 96.3 Å². The zero-order valence-electron chi connectivity index (χ0n) is 10.2. The lowest BCUT2D eigenvalue weighted by atomic mass is 10.1. The van der Waals surface area contributed by atoms with E-state index in [2.05, 4.69) is 21.4 Å². The van der Waals surface area contributed by atoms with Crippen LogP contribution in [0.5, 0.6) is 0 Å². The molecule has 0 aliphatic heterocycles. The Morgan fingerprint density at radius 3 is 3.11 bits per heavy atom. The Morgan fingerprint density at radius 1 is 1.37 bits per heavy atom. The summed E-state index contributed by atoms with van der Waals surface area (Å²) in [5.41, 5.74) is 8.74. The van der Waals surface area contributed by atoms with E-state index in [4.69, 9.17) is 11.0 Å². The van der Waals surface area contributed by atoms with Crippen molar-refractivity contribution in [3.63, 3.8) is 0 Å². The molecule has 94 valence electrons. The van der Waals surface area contributed by atoms with Crippen molar-refractivity contribution in [3.05, 3.63) is 30.6 Å². The minimum atomic E-state index is 0.453. The van der Waals surface area contributed by atoms with Crippen molar-refractivity contribution in [3.8, 4) is 17.2 Å². The third kappa shape index (κ3) is 2.02. The van der Waals surface area contributed by atoms with Crippen LogP contribution >= 0.6 is 0 Å². The summed E-state index contributed by atoms with van der Waals surface area (Å²) in [7, 11) is 0. The molecule has 0 unspecified atom stereocenters. The minimum absolute atomic E-state index is 0.453. The average molecular weight is 252 g/mol. The van der Waals surface area contributed by atoms with E-state index < -0.39 is 0 Å². The third-order valence-corrected chi connectivity index (χ3v) is 3.01. The molecule has 3 aromatic rings. The number of rotatable bonds is 3. The molecule has 0 saturated carbocycles. The molecule has 6 nitrogen and oxygen atoms in total. The number of benzene rings is 1. The van der Waals surface area contributed by atoms with Gasteiger partial charge in [-0.25, -0.2) is 0 Å². The van der Waals surface area contributed by atoms with Crippen LogP contribution in [0, 0.1) is 11.3 Å². The summed E-state index contributed by atoms with van der Waals surface area (Å²) >= 11 is 0. The SMILES string of the molecule is N#CCCn1cc(-c2ccc3[nH]nc(N)c3c2)cn1. The number of H-pyrrole nitrogens is 1. The fourth-order valence-electron chi connectivity index (χ4n) is 2.01. The highest BCUT2D eigenvalue weighted by Gasteiger charge is 2.06. The van der Waals surface area contributed by atoms with Crippen molar-refractivity contribution in [2.75, 3.05) is 5.73 Å². The molecule has 0 atom stereocenters. The predicted molar refractivity (Wildman–Crippen MR) is 72.0 cm³/mol. The minimum Gasteiger partial charge on any atom is -0.382 e. The van der Waals surface area contributed by atoms with Crippen LogP contribution in [-0.2, 0) is 6.54 Å². The number of aromatic nitrogens is 4. The first-order chi connectivity index (χ1) is 9.28. The van der Waals surface area contributed by atoms with Crippen molar-refractivity contribution in [2.45, 2.75) is 13.0 Å². The number of aromatic amines is 1. The highest BCUT2D eigenvalue weighted by atomic mass is 15.3. The molecule has 2 aromatic heterocycles. The molecule has 3 N–H and O–H groups in total. The maximum atomic E-state index is 8.56. The molecular weight excluding hydrogens is 240 g/mol. The first-order valence-corrected chi connectivity index (χ1v) is 5.91. The molecule has 0 fully saturated rings. The van der Waals surface area contributed by atoms with E-state index in [1.165, 1.54) is 0 Å². The normalized spacial score (nSPS) is 10.7. The van der Waals surface area contributed by atoms with Gasteiger partial charge in [0.1, 0.15) is 0 Å². The second-order valence-corrected chi connectivity index (χ2v) is 4.27. The zero-order chi connectivity index (χ0) is 13.2. The van der Waals surface area contributed by atoms with Gasteiger partial charge in [0.15, 0.2) is 5.82 Å². The van der Waals surface area contributed by atoms with Crippen LogP contribution in [0.4, 0.5) is 5.82 Å². The molecule has 0 spiro atoms. The Labute approximate surface area is 109 Å². The number of nitrogens with two attached hydrogens (primary N) is 1. The van der Waals surface area contributed by atoms with Gasteiger partial charge in [-0.2, -0.15) is 15.5 Å². The maximum absolute atomic E-state index is 8.56. The number of nitrogen functional groups attached to an aromatic ring is 1. The fourth-order valence-corrected chi connectivity index (χ4v) is 2.01. The smallest absolute Gasteiger partial charge is 0.153 e. The molecular formula is C13H12N6. The summed E-state index contributed by atoms with van der Waals surface area (Å²) in [4.78, 5) is 0.